The summed E-state index contributed by atoms with van der Waals surface area (Å²) in [6.45, 7) is 0.409. The first-order valence-electron chi connectivity index (χ1n) is 12.2. The van der Waals surface area contributed by atoms with Gasteiger partial charge in [0.1, 0.15) is 23.4 Å². The van der Waals surface area contributed by atoms with Crippen molar-refractivity contribution in [1.82, 2.24) is 13.7 Å². The maximum absolute atomic E-state index is 13.4. The maximum Gasteiger partial charge on any atom is 0.342 e. The zero-order valence-corrected chi connectivity index (χ0v) is 21.7. The lowest BCUT2D eigenvalue weighted by Gasteiger charge is -2.26. The lowest BCUT2D eigenvalue weighted by Crippen LogP contribution is -2.29. The van der Waals surface area contributed by atoms with E-state index in [4.69, 9.17) is 14.2 Å². The molecule has 194 valence electrons. The highest BCUT2D eigenvalue weighted by molar-refractivity contribution is 7.00. The van der Waals surface area contributed by atoms with Crippen molar-refractivity contribution in [2.45, 2.75) is 18.8 Å². The molecule has 3 aromatic carbocycles. The maximum atomic E-state index is 13.4. The molecule has 6 rings (SSSR count). The molecule has 2 aromatic heterocycles. The van der Waals surface area contributed by atoms with Crippen LogP contribution in [0.4, 0.5) is 0 Å². The van der Waals surface area contributed by atoms with Crippen LogP contribution in [-0.4, -0.2) is 31.9 Å². The Morgan fingerprint density at radius 3 is 2.51 bits per heavy atom. The molecule has 1 unspecified atom stereocenters. The topological polar surface area (TPSA) is 104 Å². The van der Waals surface area contributed by atoms with E-state index in [1.54, 1.807) is 54.7 Å². The molecule has 1 N–H and O–H groups in total. The van der Waals surface area contributed by atoms with Crippen molar-refractivity contribution in [3.05, 3.63) is 119 Å². The third kappa shape index (κ3) is 4.85. The first kappa shape index (κ1) is 24.7. The van der Waals surface area contributed by atoms with Gasteiger partial charge in [-0.05, 0) is 59.2 Å². The summed E-state index contributed by atoms with van der Waals surface area (Å²) < 4.78 is 25.5. The van der Waals surface area contributed by atoms with Crippen molar-refractivity contribution >= 4 is 34.3 Å². The molecule has 1 aliphatic heterocycles. The average molecular weight is 538 g/mol. The Morgan fingerprint density at radius 2 is 1.72 bits per heavy atom. The second-order valence-electron chi connectivity index (χ2n) is 9.04. The van der Waals surface area contributed by atoms with Gasteiger partial charge in [0, 0.05) is 29.8 Å². The van der Waals surface area contributed by atoms with E-state index in [9.17, 15) is 9.90 Å². The minimum Gasteiger partial charge on any atom is -0.489 e. The number of methoxy groups -OCH3 is 1. The highest BCUT2D eigenvalue weighted by Crippen LogP contribution is 2.45. The molecule has 0 saturated carbocycles. The SMILES string of the molecule is COc1cc(CC2=C(c3ccc4nsnc4c3)C(=O)OC2(O)c2ccc(OCc3ccccc3)cc2)ccn1. The molecular formula is C30H23N3O5S. The highest BCUT2D eigenvalue weighted by Gasteiger charge is 2.48. The van der Waals surface area contributed by atoms with Crippen LogP contribution in [0.15, 0.2) is 96.7 Å². The Hall–Kier alpha value is -4.60. The van der Waals surface area contributed by atoms with Crippen LogP contribution in [0.1, 0.15) is 22.3 Å². The van der Waals surface area contributed by atoms with Gasteiger partial charge in [0.05, 0.1) is 24.4 Å². The normalized spacial score (nSPS) is 16.9. The van der Waals surface area contributed by atoms with Gasteiger partial charge in [-0.1, -0.05) is 36.4 Å². The van der Waals surface area contributed by atoms with Crippen molar-refractivity contribution in [3.63, 3.8) is 0 Å². The van der Waals surface area contributed by atoms with E-state index in [1.165, 1.54) is 7.11 Å². The van der Waals surface area contributed by atoms with Crippen LogP contribution < -0.4 is 9.47 Å². The Labute approximate surface area is 228 Å². The zero-order valence-electron chi connectivity index (χ0n) is 20.9. The number of aromatic nitrogens is 3. The fourth-order valence-electron chi connectivity index (χ4n) is 4.60. The number of rotatable bonds is 8. The van der Waals surface area contributed by atoms with E-state index < -0.39 is 11.8 Å². The number of fused-ring (bicyclic) bond motifs is 1. The summed E-state index contributed by atoms with van der Waals surface area (Å²) in [5.41, 5.74) is 4.93. The van der Waals surface area contributed by atoms with Gasteiger partial charge in [-0.2, -0.15) is 8.75 Å². The van der Waals surface area contributed by atoms with Gasteiger partial charge in [-0.15, -0.1) is 0 Å². The van der Waals surface area contributed by atoms with E-state index in [0.717, 1.165) is 28.4 Å². The van der Waals surface area contributed by atoms with Crippen molar-refractivity contribution in [1.29, 1.82) is 0 Å². The Kier molecular flexibility index (Phi) is 6.52. The molecule has 0 fully saturated rings. The predicted molar refractivity (Wildman–Crippen MR) is 146 cm³/mol. The third-order valence-electron chi connectivity index (χ3n) is 6.58. The Morgan fingerprint density at radius 1 is 0.923 bits per heavy atom. The molecule has 9 heteroatoms. The summed E-state index contributed by atoms with van der Waals surface area (Å²) in [5.74, 6) is -1.56. The summed E-state index contributed by atoms with van der Waals surface area (Å²) in [7, 11) is 1.54. The van der Waals surface area contributed by atoms with Gasteiger partial charge in [0.2, 0.25) is 5.88 Å². The van der Waals surface area contributed by atoms with Gasteiger partial charge in [-0.3, -0.25) is 0 Å². The summed E-state index contributed by atoms with van der Waals surface area (Å²) >= 11 is 1.10. The van der Waals surface area contributed by atoms with E-state index in [1.807, 2.05) is 36.4 Å². The summed E-state index contributed by atoms with van der Waals surface area (Å²) in [6, 6.07) is 25.7. The van der Waals surface area contributed by atoms with Crippen molar-refractivity contribution in [2.75, 3.05) is 7.11 Å². The number of nitrogens with zero attached hydrogens (tertiary/aromatic N) is 3. The number of aliphatic hydroxyl groups is 1. The number of cyclic esters (lactones) is 1. The van der Waals surface area contributed by atoms with Crippen LogP contribution in [0.25, 0.3) is 16.6 Å². The van der Waals surface area contributed by atoms with E-state index in [-0.39, 0.29) is 12.0 Å². The minimum atomic E-state index is -1.99. The van der Waals surface area contributed by atoms with E-state index >= 15 is 0 Å². The van der Waals surface area contributed by atoms with Gasteiger partial charge in [-0.25, -0.2) is 9.78 Å². The Bertz CT molecular complexity index is 1680. The van der Waals surface area contributed by atoms with Crippen LogP contribution in [0.5, 0.6) is 11.6 Å². The smallest absolute Gasteiger partial charge is 0.342 e. The molecule has 5 aromatic rings. The van der Waals surface area contributed by atoms with Crippen molar-refractivity contribution < 1.29 is 24.1 Å². The standard InChI is InChI=1S/C30H23N3O5S/c1-36-27-16-20(13-14-31-27)15-24-28(21-7-12-25-26(17-21)33-39-32-25)29(34)38-30(24,35)22-8-10-23(11-9-22)37-18-19-5-3-2-4-6-19/h2-14,16-17,35H,15,18H2,1H3. The molecule has 0 radical (unpaired) electrons. The molecule has 39 heavy (non-hydrogen) atoms. The van der Waals surface area contributed by atoms with E-state index in [0.29, 0.717) is 40.5 Å². The number of esters is 1. The number of pyridine rings is 1. The second kappa shape index (κ2) is 10.3. The number of carbonyl (C=O) groups excluding carboxylic acids is 1. The van der Waals surface area contributed by atoms with Crippen molar-refractivity contribution in [2.24, 2.45) is 0 Å². The lowest BCUT2D eigenvalue weighted by molar-refractivity contribution is -0.185. The van der Waals surface area contributed by atoms with Gasteiger partial charge in [0.15, 0.2) is 0 Å². The van der Waals surface area contributed by atoms with Gasteiger partial charge < -0.3 is 19.3 Å². The lowest BCUT2D eigenvalue weighted by atomic mass is 9.88. The van der Waals surface area contributed by atoms with Gasteiger partial charge in [0.25, 0.3) is 5.79 Å². The summed E-state index contributed by atoms with van der Waals surface area (Å²) in [4.78, 5) is 17.5. The first-order valence-corrected chi connectivity index (χ1v) is 12.9. The molecule has 0 spiro atoms. The van der Waals surface area contributed by atoms with Crippen LogP contribution in [-0.2, 0) is 28.3 Å². The largest absolute Gasteiger partial charge is 0.489 e. The molecule has 0 aliphatic carbocycles. The summed E-state index contributed by atoms with van der Waals surface area (Å²) in [5, 5.41) is 12.0. The fraction of sp³-hybridized carbons (Fsp3) is 0.133. The minimum absolute atomic E-state index is 0.218. The Balaban J connectivity index is 1.39. The third-order valence-corrected chi connectivity index (χ3v) is 7.14. The number of carbonyl (C=O) groups is 1. The van der Waals surface area contributed by atoms with Crippen LogP contribution in [0, 0.1) is 0 Å². The molecule has 0 saturated heterocycles. The zero-order chi connectivity index (χ0) is 26.8. The number of benzene rings is 3. The predicted octanol–water partition coefficient (Wildman–Crippen LogP) is 5.07. The number of ether oxygens (including phenoxy) is 3. The van der Waals surface area contributed by atoms with Crippen LogP contribution in [0.2, 0.25) is 0 Å². The summed E-state index contributed by atoms with van der Waals surface area (Å²) in [6.07, 6.45) is 1.84. The number of hydrogen-bond donors (Lipinski definition) is 1. The van der Waals surface area contributed by atoms with Crippen LogP contribution >= 0.6 is 11.7 Å². The molecule has 1 atom stereocenters. The molecule has 1 aliphatic rings. The van der Waals surface area contributed by atoms with Crippen LogP contribution in [0.3, 0.4) is 0 Å². The molecule has 0 amide bonds. The van der Waals surface area contributed by atoms with Crippen molar-refractivity contribution in [3.8, 4) is 11.6 Å². The monoisotopic (exact) mass is 537 g/mol. The second-order valence-corrected chi connectivity index (χ2v) is 9.57. The molecule has 8 nitrogen and oxygen atoms in total. The number of hydrogen-bond acceptors (Lipinski definition) is 9. The highest BCUT2D eigenvalue weighted by atomic mass is 32.1. The first-order chi connectivity index (χ1) is 19.0. The quantitative estimate of drug-likeness (QED) is 0.274. The average Bonchev–Trinajstić information content (AvgIpc) is 3.54. The van der Waals surface area contributed by atoms with Gasteiger partial charge >= 0.3 is 5.97 Å². The van der Waals surface area contributed by atoms with E-state index in [2.05, 4.69) is 13.7 Å². The fourth-order valence-corrected chi connectivity index (χ4v) is 5.12. The molecular weight excluding hydrogens is 514 g/mol. The molecule has 0 bridgehead atoms. The molecule has 3 heterocycles.